The molecular weight excluding hydrogens is 278 g/mol. The van der Waals surface area contributed by atoms with Gasteiger partial charge in [0.25, 0.3) is 5.91 Å². The van der Waals surface area contributed by atoms with Crippen molar-refractivity contribution in [3.63, 3.8) is 0 Å². The molecule has 1 aromatic rings. The average Bonchev–Trinajstić information content (AvgIpc) is 2.97. The molecule has 1 aromatic carbocycles. The summed E-state index contributed by atoms with van der Waals surface area (Å²) in [5.74, 6) is 0.0761. The highest BCUT2D eigenvalue weighted by Crippen LogP contribution is 2.15. The van der Waals surface area contributed by atoms with Crippen molar-refractivity contribution >= 4 is 11.6 Å². The number of amides is 1. The van der Waals surface area contributed by atoms with Gasteiger partial charge in [-0.25, -0.2) is 5.01 Å². The molecule has 0 N–H and O–H groups in total. The van der Waals surface area contributed by atoms with E-state index in [-0.39, 0.29) is 18.1 Å². The average molecular weight is 301 g/mol. The number of carbonyl (C=O) groups excluding carboxylic acids is 1. The molecule has 1 fully saturated rings. The van der Waals surface area contributed by atoms with E-state index >= 15 is 0 Å². The summed E-state index contributed by atoms with van der Waals surface area (Å²) in [5.41, 5.74) is 2.10. The summed E-state index contributed by atoms with van der Waals surface area (Å²) in [4.78, 5) is 14.6. The molecule has 22 heavy (non-hydrogen) atoms. The number of ether oxygens (including phenoxy) is 1. The lowest BCUT2D eigenvalue weighted by atomic mass is 10.1. The molecule has 118 valence electrons. The van der Waals surface area contributed by atoms with E-state index in [4.69, 9.17) is 4.74 Å². The second-order valence-corrected chi connectivity index (χ2v) is 6.13. The highest BCUT2D eigenvalue weighted by atomic mass is 16.5. The highest BCUT2D eigenvalue weighted by Gasteiger charge is 2.27. The minimum atomic E-state index is 0.0761. The van der Waals surface area contributed by atoms with Gasteiger partial charge in [-0.15, -0.1) is 0 Å². The summed E-state index contributed by atoms with van der Waals surface area (Å²) < 4.78 is 5.70. The molecule has 1 amide bonds. The van der Waals surface area contributed by atoms with Crippen LogP contribution in [0.4, 0.5) is 0 Å². The maximum atomic E-state index is 12.4. The normalized spacial score (nSPS) is 26.1. The zero-order chi connectivity index (χ0) is 15.5. The molecule has 0 bridgehead atoms. The lowest BCUT2D eigenvalue weighted by Crippen LogP contribution is -2.49. The van der Waals surface area contributed by atoms with Crippen LogP contribution in [-0.2, 0) is 9.53 Å². The van der Waals surface area contributed by atoms with Crippen molar-refractivity contribution in [1.29, 1.82) is 0 Å². The number of carbonyl (C=O) groups is 1. The Balaban J connectivity index is 1.60. The van der Waals surface area contributed by atoms with Gasteiger partial charge in [0, 0.05) is 19.5 Å². The first-order chi connectivity index (χ1) is 10.6. The molecule has 2 aliphatic heterocycles. The molecule has 2 unspecified atom stereocenters. The Kier molecular flexibility index (Phi) is 4.55. The Morgan fingerprint density at radius 3 is 2.59 bits per heavy atom. The first kappa shape index (κ1) is 15.2. The summed E-state index contributed by atoms with van der Waals surface area (Å²) in [6.45, 7) is 6.81. The van der Waals surface area contributed by atoms with Gasteiger partial charge in [0.05, 0.1) is 31.0 Å². The number of hydrogen-bond donors (Lipinski definition) is 0. The van der Waals surface area contributed by atoms with Gasteiger partial charge >= 0.3 is 0 Å². The number of rotatable bonds is 3. The third-order valence-electron chi connectivity index (χ3n) is 4.05. The minimum Gasteiger partial charge on any atom is -0.373 e. The van der Waals surface area contributed by atoms with Crippen LogP contribution in [0, 0.1) is 0 Å². The van der Waals surface area contributed by atoms with Gasteiger partial charge in [0.2, 0.25) is 0 Å². The van der Waals surface area contributed by atoms with E-state index < -0.39 is 0 Å². The minimum absolute atomic E-state index is 0.0761. The zero-order valence-corrected chi connectivity index (χ0v) is 13.2. The maximum Gasteiger partial charge on any atom is 0.256 e. The van der Waals surface area contributed by atoms with Crippen LogP contribution in [0.15, 0.2) is 35.4 Å². The first-order valence-corrected chi connectivity index (χ1v) is 7.93. The molecule has 0 spiro atoms. The Hall–Kier alpha value is -1.72. The van der Waals surface area contributed by atoms with Crippen LogP contribution >= 0.6 is 0 Å². The predicted octanol–water partition coefficient (Wildman–Crippen LogP) is 1.73. The third kappa shape index (κ3) is 3.54. The molecule has 3 rings (SSSR count). The second-order valence-electron chi connectivity index (χ2n) is 6.13. The van der Waals surface area contributed by atoms with Crippen LogP contribution in [0.5, 0.6) is 0 Å². The van der Waals surface area contributed by atoms with E-state index in [1.807, 2.05) is 30.3 Å². The second kappa shape index (κ2) is 6.58. The van der Waals surface area contributed by atoms with E-state index in [1.165, 1.54) is 0 Å². The van der Waals surface area contributed by atoms with Gasteiger partial charge in [-0.1, -0.05) is 30.3 Å². The predicted molar refractivity (Wildman–Crippen MR) is 85.8 cm³/mol. The van der Waals surface area contributed by atoms with Gasteiger partial charge < -0.3 is 4.74 Å². The van der Waals surface area contributed by atoms with Crippen molar-refractivity contribution in [3.05, 3.63) is 35.9 Å². The van der Waals surface area contributed by atoms with Gasteiger partial charge in [-0.05, 0) is 19.4 Å². The van der Waals surface area contributed by atoms with Crippen molar-refractivity contribution in [3.8, 4) is 0 Å². The fraction of sp³-hybridized carbons (Fsp3) is 0.529. The Morgan fingerprint density at radius 1 is 1.23 bits per heavy atom. The monoisotopic (exact) mass is 301 g/mol. The number of hydrogen-bond acceptors (Lipinski definition) is 4. The quantitative estimate of drug-likeness (QED) is 0.854. The Labute approximate surface area is 131 Å². The van der Waals surface area contributed by atoms with Crippen molar-refractivity contribution in [2.24, 2.45) is 5.10 Å². The van der Waals surface area contributed by atoms with Crippen molar-refractivity contribution in [1.82, 2.24) is 9.91 Å². The SMILES string of the molecule is CC1CN(CC(=O)N2CCC(c3ccccc3)=N2)CC(C)O1. The lowest BCUT2D eigenvalue weighted by molar-refractivity contribution is -0.135. The van der Waals surface area contributed by atoms with Crippen molar-refractivity contribution in [2.45, 2.75) is 32.5 Å². The van der Waals surface area contributed by atoms with Gasteiger partial charge in [-0.2, -0.15) is 5.10 Å². The lowest BCUT2D eigenvalue weighted by Gasteiger charge is -2.35. The first-order valence-electron chi connectivity index (χ1n) is 7.93. The largest absolute Gasteiger partial charge is 0.373 e. The summed E-state index contributed by atoms with van der Waals surface area (Å²) in [5, 5.41) is 6.12. The fourth-order valence-electron chi connectivity index (χ4n) is 3.16. The fourth-order valence-corrected chi connectivity index (χ4v) is 3.16. The topological polar surface area (TPSA) is 45.1 Å². The summed E-state index contributed by atoms with van der Waals surface area (Å²) in [6.07, 6.45) is 1.18. The van der Waals surface area contributed by atoms with Crippen molar-refractivity contribution < 1.29 is 9.53 Å². The standard InChI is InChI=1S/C17H23N3O2/c1-13-10-19(11-14(2)22-13)12-17(21)20-9-8-16(18-20)15-6-4-3-5-7-15/h3-7,13-14H,8-12H2,1-2H3. The van der Waals surface area contributed by atoms with Crippen LogP contribution in [0.25, 0.3) is 0 Å². The van der Waals surface area contributed by atoms with E-state index in [2.05, 4.69) is 23.8 Å². The van der Waals surface area contributed by atoms with Crippen molar-refractivity contribution in [2.75, 3.05) is 26.2 Å². The van der Waals surface area contributed by atoms with Crippen LogP contribution in [0.3, 0.4) is 0 Å². The molecule has 5 heteroatoms. The zero-order valence-electron chi connectivity index (χ0n) is 13.2. The summed E-state index contributed by atoms with van der Waals surface area (Å²) in [7, 11) is 0. The molecule has 2 heterocycles. The van der Waals surface area contributed by atoms with Gasteiger partial charge in [-0.3, -0.25) is 9.69 Å². The van der Waals surface area contributed by atoms with E-state index in [0.717, 1.165) is 30.8 Å². The van der Waals surface area contributed by atoms with Crippen LogP contribution in [0.2, 0.25) is 0 Å². The Bertz CT molecular complexity index is 548. The van der Waals surface area contributed by atoms with E-state index in [1.54, 1.807) is 5.01 Å². The number of benzene rings is 1. The number of morpholine rings is 1. The van der Waals surface area contributed by atoms with Gasteiger partial charge in [0.1, 0.15) is 0 Å². The maximum absolute atomic E-state index is 12.4. The molecule has 0 radical (unpaired) electrons. The number of nitrogens with zero attached hydrogens (tertiary/aromatic N) is 3. The molecule has 5 nitrogen and oxygen atoms in total. The number of hydrazone groups is 1. The molecular formula is C17H23N3O2. The Morgan fingerprint density at radius 2 is 1.91 bits per heavy atom. The smallest absolute Gasteiger partial charge is 0.256 e. The highest BCUT2D eigenvalue weighted by molar-refractivity contribution is 6.02. The van der Waals surface area contributed by atoms with Crippen LogP contribution in [0.1, 0.15) is 25.8 Å². The van der Waals surface area contributed by atoms with E-state index in [0.29, 0.717) is 13.1 Å². The van der Waals surface area contributed by atoms with Crippen LogP contribution in [-0.4, -0.2) is 59.9 Å². The molecule has 0 saturated carbocycles. The summed E-state index contributed by atoms with van der Waals surface area (Å²) in [6, 6.07) is 10.1. The van der Waals surface area contributed by atoms with Gasteiger partial charge in [0.15, 0.2) is 0 Å². The molecule has 2 atom stereocenters. The molecule has 1 saturated heterocycles. The third-order valence-corrected chi connectivity index (χ3v) is 4.05. The van der Waals surface area contributed by atoms with E-state index in [9.17, 15) is 4.79 Å². The molecule has 0 aliphatic carbocycles. The molecule has 2 aliphatic rings. The van der Waals surface area contributed by atoms with Crippen LogP contribution < -0.4 is 0 Å². The summed E-state index contributed by atoms with van der Waals surface area (Å²) >= 11 is 0. The molecule has 0 aromatic heterocycles.